The molecule has 0 amide bonds. The van der Waals surface area contributed by atoms with Crippen molar-refractivity contribution in [3.05, 3.63) is 18.2 Å². The van der Waals surface area contributed by atoms with Crippen molar-refractivity contribution in [3.63, 3.8) is 0 Å². The highest BCUT2D eigenvalue weighted by Gasteiger charge is 2.23. The maximum atomic E-state index is 5.90. The molecular weight excluding hydrogens is 224 g/mol. The molecule has 1 aliphatic rings. The molecule has 0 aromatic heterocycles. The number of nitrogens with one attached hydrogen (secondary N) is 1. The summed E-state index contributed by atoms with van der Waals surface area (Å²) in [5.41, 5.74) is 7.72. The summed E-state index contributed by atoms with van der Waals surface area (Å²) in [6, 6.07) is 6.39. The van der Waals surface area contributed by atoms with Gasteiger partial charge in [-0.25, -0.2) is 0 Å². The normalized spacial score (nSPS) is 16.3. The standard InChI is InChI=1S/C15H24N2O/c1-3-6-18-15-9-13(16)8-14(10-15)17-11(2)7-12-4-5-12/h8-12,17H,3-7,16H2,1-2H3. The first-order chi connectivity index (χ1) is 8.67. The Morgan fingerprint density at radius 2 is 2.17 bits per heavy atom. The number of benzene rings is 1. The second-order valence-corrected chi connectivity index (χ2v) is 5.36. The third-order valence-corrected chi connectivity index (χ3v) is 3.20. The van der Waals surface area contributed by atoms with Crippen LogP contribution in [0.1, 0.15) is 39.5 Å². The van der Waals surface area contributed by atoms with Crippen LogP contribution in [0.2, 0.25) is 0 Å². The van der Waals surface area contributed by atoms with Crippen molar-refractivity contribution in [1.29, 1.82) is 0 Å². The zero-order chi connectivity index (χ0) is 13.0. The van der Waals surface area contributed by atoms with Crippen LogP contribution in [0.3, 0.4) is 0 Å². The van der Waals surface area contributed by atoms with E-state index < -0.39 is 0 Å². The number of rotatable bonds is 7. The van der Waals surface area contributed by atoms with Crippen molar-refractivity contribution in [2.75, 3.05) is 17.7 Å². The molecular formula is C15H24N2O. The van der Waals surface area contributed by atoms with Gasteiger partial charge in [0, 0.05) is 29.5 Å². The zero-order valence-corrected chi connectivity index (χ0v) is 11.4. The Morgan fingerprint density at radius 1 is 1.39 bits per heavy atom. The van der Waals surface area contributed by atoms with Crippen molar-refractivity contribution < 1.29 is 4.74 Å². The van der Waals surface area contributed by atoms with Crippen LogP contribution in [-0.2, 0) is 0 Å². The highest BCUT2D eigenvalue weighted by Crippen LogP contribution is 2.34. The Balaban J connectivity index is 1.94. The molecule has 1 unspecified atom stereocenters. The second kappa shape index (κ2) is 5.98. The fourth-order valence-electron chi connectivity index (χ4n) is 2.21. The summed E-state index contributed by atoms with van der Waals surface area (Å²) >= 11 is 0. The monoisotopic (exact) mass is 248 g/mol. The van der Waals surface area contributed by atoms with Gasteiger partial charge in [-0.3, -0.25) is 0 Å². The van der Waals surface area contributed by atoms with Gasteiger partial charge in [0.1, 0.15) is 5.75 Å². The highest BCUT2D eigenvalue weighted by molar-refractivity contribution is 5.59. The third kappa shape index (κ3) is 4.13. The van der Waals surface area contributed by atoms with Crippen molar-refractivity contribution in [1.82, 2.24) is 0 Å². The van der Waals surface area contributed by atoms with E-state index in [1.54, 1.807) is 0 Å². The lowest BCUT2D eigenvalue weighted by atomic mass is 10.1. The Labute approximate surface area is 110 Å². The molecule has 1 saturated carbocycles. The molecule has 1 aromatic rings. The Morgan fingerprint density at radius 3 is 2.83 bits per heavy atom. The Kier molecular flexibility index (Phi) is 4.34. The van der Waals surface area contributed by atoms with Crippen molar-refractivity contribution in [3.8, 4) is 5.75 Å². The first-order valence-corrected chi connectivity index (χ1v) is 6.97. The number of anilines is 2. The topological polar surface area (TPSA) is 47.3 Å². The summed E-state index contributed by atoms with van der Waals surface area (Å²) in [6.45, 7) is 5.07. The van der Waals surface area contributed by atoms with E-state index in [4.69, 9.17) is 10.5 Å². The molecule has 3 nitrogen and oxygen atoms in total. The zero-order valence-electron chi connectivity index (χ0n) is 11.4. The summed E-state index contributed by atoms with van der Waals surface area (Å²) in [4.78, 5) is 0. The SMILES string of the molecule is CCCOc1cc(N)cc(NC(C)CC2CC2)c1. The van der Waals surface area contributed by atoms with Gasteiger partial charge >= 0.3 is 0 Å². The van der Waals surface area contributed by atoms with Gasteiger partial charge < -0.3 is 15.8 Å². The molecule has 100 valence electrons. The molecule has 1 aromatic carbocycles. The molecule has 0 aliphatic heterocycles. The molecule has 3 heteroatoms. The largest absolute Gasteiger partial charge is 0.493 e. The molecule has 0 radical (unpaired) electrons. The van der Waals surface area contributed by atoms with Crippen molar-refractivity contribution >= 4 is 11.4 Å². The lowest BCUT2D eigenvalue weighted by Crippen LogP contribution is -2.15. The van der Waals surface area contributed by atoms with Crippen molar-refractivity contribution in [2.24, 2.45) is 5.92 Å². The lowest BCUT2D eigenvalue weighted by molar-refractivity contribution is 0.318. The molecule has 0 spiro atoms. The second-order valence-electron chi connectivity index (χ2n) is 5.36. The molecule has 18 heavy (non-hydrogen) atoms. The molecule has 0 saturated heterocycles. The summed E-state index contributed by atoms with van der Waals surface area (Å²) in [5, 5.41) is 3.51. The van der Waals surface area contributed by atoms with Gasteiger partial charge in [0.25, 0.3) is 0 Å². The van der Waals surface area contributed by atoms with Crippen LogP contribution in [0.25, 0.3) is 0 Å². The van der Waals surface area contributed by atoms with E-state index in [-0.39, 0.29) is 0 Å². The molecule has 2 rings (SSSR count). The van der Waals surface area contributed by atoms with Crippen LogP contribution >= 0.6 is 0 Å². The molecule has 3 N–H and O–H groups in total. The minimum Gasteiger partial charge on any atom is -0.493 e. The van der Waals surface area contributed by atoms with Gasteiger partial charge in [0.05, 0.1) is 6.61 Å². The van der Waals surface area contributed by atoms with Crippen LogP contribution < -0.4 is 15.8 Å². The minimum atomic E-state index is 0.498. The van der Waals surface area contributed by atoms with Gasteiger partial charge in [-0.05, 0) is 31.7 Å². The van der Waals surface area contributed by atoms with Crippen LogP contribution in [0.15, 0.2) is 18.2 Å². The first kappa shape index (κ1) is 13.1. The highest BCUT2D eigenvalue weighted by atomic mass is 16.5. The maximum absolute atomic E-state index is 5.90. The van der Waals surface area contributed by atoms with E-state index in [0.29, 0.717) is 6.04 Å². The lowest BCUT2D eigenvalue weighted by Gasteiger charge is -2.16. The quantitative estimate of drug-likeness (QED) is 0.724. The van der Waals surface area contributed by atoms with E-state index >= 15 is 0 Å². The molecule has 0 bridgehead atoms. The van der Waals surface area contributed by atoms with E-state index in [0.717, 1.165) is 36.1 Å². The number of nitrogens with two attached hydrogens (primary N) is 1. The number of nitrogen functional groups attached to an aromatic ring is 1. The van der Waals surface area contributed by atoms with E-state index in [2.05, 4.69) is 19.2 Å². The summed E-state index contributed by atoms with van der Waals surface area (Å²) in [6.07, 6.45) is 5.05. The molecule has 0 heterocycles. The predicted octanol–water partition coefficient (Wildman–Crippen LogP) is 3.66. The van der Waals surface area contributed by atoms with E-state index in [1.165, 1.54) is 19.3 Å². The van der Waals surface area contributed by atoms with Gasteiger partial charge in [0.2, 0.25) is 0 Å². The van der Waals surface area contributed by atoms with Crippen LogP contribution in [0, 0.1) is 5.92 Å². The van der Waals surface area contributed by atoms with Gasteiger partial charge in [-0.1, -0.05) is 19.8 Å². The Hall–Kier alpha value is -1.38. The van der Waals surface area contributed by atoms with Crippen LogP contribution in [-0.4, -0.2) is 12.6 Å². The van der Waals surface area contributed by atoms with Crippen LogP contribution in [0.4, 0.5) is 11.4 Å². The average molecular weight is 248 g/mol. The van der Waals surface area contributed by atoms with E-state index in [1.807, 2.05) is 18.2 Å². The predicted molar refractivity (Wildman–Crippen MR) is 77.1 cm³/mol. The Bertz CT molecular complexity index is 388. The summed E-state index contributed by atoms with van der Waals surface area (Å²) < 4.78 is 5.63. The summed E-state index contributed by atoms with van der Waals surface area (Å²) in [5.74, 6) is 1.79. The average Bonchev–Trinajstić information content (AvgIpc) is 3.09. The minimum absolute atomic E-state index is 0.498. The van der Waals surface area contributed by atoms with Gasteiger partial charge in [-0.15, -0.1) is 0 Å². The molecule has 1 aliphatic carbocycles. The van der Waals surface area contributed by atoms with E-state index in [9.17, 15) is 0 Å². The molecule has 1 atom stereocenters. The van der Waals surface area contributed by atoms with Crippen molar-refractivity contribution in [2.45, 2.75) is 45.6 Å². The smallest absolute Gasteiger partial charge is 0.123 e. The first-order valence-electron chi connectivity index (χ1n) is 6.97. The molecule has 1 fully saturated rings. The summed E-state index contributed by atoms with van der Waals surface area (Å²) in [7, 11) is 0. The maximum Gasteiger partial charge on any atom is 0.123 e. The number of hydrogen-bond acceptors (Lipinski definition) is 3. The van der Waals surface area contributed by atoms with Gasteiger partial charge in [-0.2, -0.15) is 0 Å². The number of ether oxygens (including phenoxy) is 1. The fraction of sp³-hybridized carbons (Fsp3) is 0.600. The number of hydrogen-bond donors (Lipinski definition) is 2. The van der Waals surface area contributed by atoms with Gasteiger partial charge in [0.15, 0.2) is 0 Å². The van der Waals surface area contributed by atoms with Crippen LogP contribution in [0.5, 0.6) is 5.75 Å². The third-order valence-electron chi connectivity index (χ3n) is 3.20. The fourth-order valence-corrected chi connectivity index (χ4v) is 2.21.